The second kappa shape index (κ2) is 12.5. The summed E-state index contributed by atoms with van der Waals surface area (Å²) >= 11 is 9.42. The van der Waals surface area contributed by atoms with Crippen molar-refractivity contribution in [3.63, 3.8) is 0 Å². The van der Waals surface area contributed by atoms with Gasteiger partial charge in [0.15, 0.2) is 6.61 Å². The predicted octanol–water partition coefficient (Wildman–Crippen LogP) is 5.45. The molecule has 0 saturated carbocycles. The molecule has 0 heterocycles. The predicted molar refractivity (Wildman–Crippen MR) is 140 cm³/mol. The van der Waals surface area contributed by atoms with E-state index in [1.165, 1.54) is 37.5 Å². The number of esters is 1. The topological polar surface area (TPSA) is 118 Å². The highest BCUT2D eigenvalue weighted by Gasteiger charge is 2.14. The number of anilines is 2. The van der Waals surface area contributed by atoms with Crippen LogP contribution in [0.15, 0.2) is 76.8 Å². The Morgan fingerprint density at radius 1 is 1.06 bits per heavy atom. The van der Waals surface area contributed by atoms with E-state index in [0.717, 1.165) is 0 Å². The van der Waals surface area contributed by atoms with Crippen molar-refractivity contribution in [2.24, 2.45) is 0 Å². The number of halogens is 2. The smallest absolute Gasteiger partial charge is 0.337 e. The molecule has 3 rings (SSSR count). The van der Waals surface area contributed by atoms with Crippen LogP contribution in [0, 0.1) is 11.3 Å². The Kier molecular flexibility index (Phi) is 9.22. The lowest BCUT2D eigenvalue weighted by molar-refractivity contribution is -0.118. The molecule has 8 nitrogen and oxygen atoms in total. The van der Waals surface area contributed by atoms with E-state index in [1.807, 2.05) is 6.07 Å². The number of hydrogen-bond acceptors (Lipinski definition) is 6. The van der Waals surface area contributed by atoms with Gasteiger partial charge < -0.3 is 20.1 Å². The van der Waals surface area contributed by atoms with E-state index in [-0.39, 0.29) is 17.9 Å². The van der Waals surface area contributed by atoms with Crippen molar-refractivity contribution >= 4 is 62.8 Å². The van der Waals surface area contributed by atoms with Crippen LogP contribution in [0.2, 0.25) is 5.02 Å². The highest BCUT2D eigenvalue weighted by atomic mass is 79.9. The molecule has 0 aliphatic heterocycles. The molecule has 36 heavy (non-hydrogen) atoms. The minimum absolute atomic E-state index is 0.199. The molecule has 0 aromatic heterocycles. The van der Waals surface area contributed by atoms with Crippen LogP contribution < -0.4 is 15.4 Å². The van der Waals surface area contributed by atoms with Gasteiger partial charge in [-0.05, 0) is 60.7 Å². The van der Waals surface area contributed by atoms with Gasteiger partial charge in [0, 0.05) is 15.7 Å². The van der Waals surface area contributed by atoms with E-state index in [9.17, 15) is 19.6 Å². The number of methoxy groups -OCH3 is 1. The Labute approximate surface area is 220 Å². The molecular formula is C26H19BrClN3O5. The second-order valence-electron chi connectivity index (χ2n) is 7.19. The minimum atomic E-state index is -0.661. The second-order valence-corrected chi connectivity index (χ2v) is 8.51. The zero-order valence-electron chi connectivity index (χ0n) is 18.9. The van der Waals surface area contributed by atoms with E-state index < -0.39 is 17.8 Å². The van der Waals surface area contributed by atoms with Crippen molar-refractivity contribution in [1.82, 2.24) is 0 Å². The summed E-state index contributed by atoms with van der Waals surface area (Å²) in [4.78, 5) is 36.6. The lowest BCUT2D eigenvalue weighted by Crippen LogP contribution is -2.20. The lowest BCUT2D eigenvalue weighted by Gasteiger charge is -2.11. The number of carbonyl (C=O) groups excluding carboxylic acids is 3. The summed E-state index contributed by atoms with van der Waals surface area (Å²) in [7, 11) is 1.27. The summed E-state index contributed by atoms with van der Waals surface area (Å²) in [6, 6.07) is 19.6. The number of amides is 2. The van der Waals surface area contributed by atoms with Gasteiger partial charge in [-0.3, -0.25) is 9.59 Å². The number of nitrogens with zero attached hydrogens (tertiary/aromatic N) is 1. The fourth-order valence-electron chi connectivity index (χ4n) is 2.97. The quantitative estimate of drug-likeness (QED) is 0.212. The third-order valence-corrected chi connectivity index (χ3v) is 5.53. The van der Waals surface area contributed by atoms with Gasteiger partial charge in [0.1, 0.15) is 17.4 Å². The molecule has 0 aliphatic carbocycles. The zero-order valence-corrected chi connectivity index (χ0v) is 21.2. The molecule has 0 unspecified atom stereocenters. The molecule has 3 aromatic carbocycles. The van der Waals surface area contributed by atoms with Gasteiger partial charge in [-0.2, -0.15) is 5.26 Å². The molecule has 0 fully saturated rings. The average Bonchev–Trinajstić information content (AvgIpc) is 2.88. The number of hydrogen-bond donors (Lipinski definition) is 2. The molecule has 0 bridgehead atoms. The van der Waals surface area contributed by atoms with Crippen LogP contribution in [-0.4, -0.2) is 31.5 Å². The summed E-state index contributed by atoms with van der Waals surface area (Å²) in [6.07, 6.45) is 1.35. The molecule has 0 radical (unpaired) electrons. The first-order valence-corrected chi connectivity index (χ1v) is 11.6. The Morgan fingerprint density at radius 3 is 2.44 bits per heavy atom. The van der Waals surface area contributed by atoms with Crippen LogP contribution in [0.4, 0.5) is 11.4 Å². The van der Waals surface area contributed by atoms with Gasteiger partial charge in [0.05, 0.1) is 23.4 Å². The number of nitriles is 1. The first-order chi connectivity index (χ1) is 17.3. The van der Waals surface area contributed by atoms with Crippen LogP contribution in [0.1, 0.15) is 15.9 Å². The zero-order chi connectivity index (χ0) is 26.1. The molecule has 3 aromatic rings. The first-order valence-electron chi connectivity index (χ1n) is 10.4. The average molecular weight is 569 g/mol. The van der Waals surface area contributed by atoms with Crippen LogP contribution in [0.5, 0.6) is 5.75 Å². The third-order valence-electron chi connectivity index (χ3n) is 4.71. The SMILES string of the molecule is COC(=O)c1ccc(NC(=O)/C(C#N)=C\c2cc(Br)ccc2OCC(=O)Nc2ccccc2Cl)cc1. The fraction of sp³-hybridized carbons (Fsp3) is 0.0769. The van der Waals surface area contributed by atoms with Gasteiger partial charge in [0.2, 0.25) is 0 Å². The van der Waals surface area contributed by atoms with Gasteiger partial charge in [-0.15, -0.1) is 0 Å². The molecular weight excluding hydrogens is 550 g/mol. The highest BCUT2D eigenvalue weighted by Crippen LogP contribution is 2.26. The molecule has 2 amide bonds. The van der Waals surface area contributed by atoms with Crippen LogP contribution >= 0.6 is 27.5 Å². The fourth-order valence-corrected chi connectivity index (χ4v) is 3.53. The summed E-state index contributed by atoms with van der Waals surface area (Å²) in [5.74, 6) is -1.32. The van der Waals surface area contributed by atoms with Gasteiger partial charge in [-0.1, -0.05) is 39.7 Å². The van der Waals surface area contributed by atoms with Gasteiger partial charge in [-0.25, -0.2) is 4.79 Å². The van der Waals surface area contributed by atoms with Crippen molar-refractivity contribution in [2.75, 3.05) is 24.4 Å². The largest absolute Gasteiger partial charge is 0.483 e. The van der Waals surface area contributed by atoms with E-state index in [0.29, 0.717) is 32.0 Å². The van der Waals surface area contributed by atoms with E-state index in [1.54, 1.807) is 42.5 Å². The molecule has 0 atom stereocenters. The Balaban J connectivity index is 1.73. The lowest BCUT2D eigenvalue weighted by atomic mass is 10.1. The number of para-hydroxylation sites is 1. The van der Waals surface area contributed by atoms with Crippen molar-refractivity contribution in [2.45, 2.75) is 0 Å². The van der Waals surface area contributed by atoms with Crippen molar-refractivity contribution in [3.8, 4) is 11.8 Å². The third kappa shape index (κ3) is 7.18. The Bertz CT molecular complexity index is 1370. The summed E-state index contributed by atoms with van der Waals surface area (Å²) in [5.41, 5.74) is 1.36. The van der Waals surface area contributed by atoms with Gasteiger partial charge in [0.25, 0.3) is 11.8 Å². The Hall–Kier alpha value is -4.13. The maximum absolute atomic E-state index is 12.7. The number of ether oxygens (including phenoxy) is 2. The maximum Gasteiger partial charge on any atom is 0.337 e. The van der Waals surface area contributed by atoms with Crippen molar-refractivity contribution in [1.29, 1.82) is 5.26 Å². The van der Waals surface area contributed by atoms with E-state index in [2.05, 4.69) is 31.3 Å². The van der Waals surface area contributed by atoms with Crippen molar-refractivity contribution < 1.29 is 23.9 Å². The standard InChI is InChI=1S/C26H19BrClN3O5/c1-35-26(34)16-6-9-20(10-7-16)30-25(33)18(14-29)12-17-13-19(27)8-11-23(17)36-15-24(32)31-22-5-3-2-4-21(22)28/h2-13H,15H2,1H3,(H,30,33)(H,31,32)/b18-12-. The molecule has 0 aliphatic rings. The first kappa shape index (κ1) is 26.5. The summed E-state index contributed by atoms with van der Waals surface area (Å²) in [5, 5.41) is 15.2. The summed E-state index contributed by atoms with van der Waals surface area (Å²) < 4.78 is 11.0. The monoisotopic (exact) mass is 567 g/mol. The number of carbonyl (C=O) groups is 3. The molecule has 10 heteroatoms. The van der Waals surface area contributed by atoms with Gasteiger partial charge >= 0.3 is 5.97 Å². The Morgan fingerprint density at radius 2 is 1.78 bits per heavy atom. The molecule has 182 valence electrons. The van der Waals surface area contributed by atoms with E-state index in [4.69, 9.17) is 16.3 Å². The number of rotatable bonds is 8. The summed E-state index contributed by atoms with van der Waals surface area (Å²) in [6.45, 7) is -0.325. The van der Waals surface area contributed by atoms with Crippen LogP contribution in [0.25, 0.3) is 6.08 Å². The highest BCUT2D eigenvalue weighted by molar-refractivity contribution is 9.10. The molecule has 0 spiro atoms. The molecule has 0 saturated heterocycles. The maximum atomic E-state index is 12.7. The van der Waals surface area contributed by atoms with Crippen LogP contribution in [0.3, 0.4) is 0 Å². The molecule has 2 N–H and O–H groups in total. The number of nitrogens with one attached hydrogen (secondary N) is 2. The minimum Gasteiger partial charge on any atom is -0.483 e. The van der Waals surface area contributed by atoms with Crippen molar-refractivity contribution in [3.05, 3.63) is 92.9 Å². The number of benzene rings is 3. The normalized spacial score (nSPS) is 10.7. The van der Waals surface area contributed by atoms with E-state index >= 15 is 0 Å². The van der Waals surface area contributed by atoms with Crippen LogP contribution in [-0.2, 0) is 14.3 Å².